The summed E-state index contributed by atoms with van der Waals surface area (Å²) in [7, 11) is 1.75. The summed E-state index contributed by atoms with van der Waals surface area (Å²) in [6, 6.07) is 4.32. The molecule has 174 valence electrons. The minimum absolute atomic E-state index is 0.229. The second-order valence-corrected chi connectivity index (χ2v) is 7.63. The third kappa shape index (κ3) is 5.20. The first-order valence-corrected chi connectivity index (χ1v) is 10.6. The number of ether oxygens (including phenoxy) is 1. The van der Waals surface area contributed by atoms with Crippen molar-refractivity contribution in [3.05, 3.63) is 76.9 Å². The summed E-state index contributed by atoms with van der Waals surface area (Å²) in [6.45, 7) is 8.38. The van der Waals surface area contributed by atoms with Crippen LogP contribution in [0.3, 0.4) is 0 Å². The van der Waals surface area contributed by atoms with Crippen LogP contribution in [0.15, 0.2) is 37.1 Å². The number of nitrogens with two attached hydrogens (primary N) is 2. The molecular formula is C24H29FN6O2. The van der Waals surface area contributed by atoms with E-state index in [1.54, 1.807) is 30.1 Å². The number of hydrogen-bond acceptors (Lipinski definition) is 5. The number of allylic oxidation sites excluding steroid dienone is 2. The van der Waals surface area contributed by atoms with Gasteiger partial charge in [0.25, 0.3) is 5.91 Å². The van der Waals surface area contributed by atoms with Crippen LogP contribution < -0.4 is 16.2 Å². The Kier molecular flexibility index (Phi) is 7.44. The lowest BCUT2D eigenvalue weighted by molar-refractivity contribution is 0.0994. The molecule has 8 nitrogen and oxygen atoms in total. The van der Waals surface area contributed by atoms with E-state index >= 15 is 0 Å². The highest BCUT2D eigenvalue weighted by atomic mass is 19.1. The lowest BCUT2D eigenvalue weighted by Gasteiger charge is -2.14. The average Bonchev–Trinajstić information content (AvgIpc) is 3.27. The summed E-state index contributed by atoms with van der Waals surface area (Å²) in [5.74, 6) is 0.288. The second-order valence-electron chi connectivity index (χ2n) is 7.63. The van der Waals surface area contributed by atoms with Crippen LogP contribution in [-0.2, 0) is 19.9 Å². The molecule has 9 heteroatoms. The van der Waals surface area contributed by atoms with Gasteiger partial charge in [0.15, 0.2) is 5.69 Å². The molecule has 33 heavy (non-hydrogen) atoms. The largest absolute Gasteiger partial charge is 0.493 e. The van der Waals surface area contributed by atoms with Gasteiger partial charge < -0.3 is 20.8 Å². The van der Waals surface area contributed by atoms with Crippen molar-refractivity contribution in [2.45, 2.75) is 26.7 Å². The number of rotatable bonds is 10. The van der Waals surface area contributed by atoms with Crippen LogP contribution in [0.5, 0.6) is 5.75 Å². The van der Waals surface area contributed by atoms with E-state index in [-0.39, 0.29) is 12.3 Å². The van der Waals surface area contributed by atoms with E-state index in [2.05, 4.69) is 16.7 Å². The van der Waals surface area contributed by atoms with Gasteiger partial charge in [-0.1, -0.05) is 12.7 Å². The standard InChI is InChI=1S/C24H29FN6O2/c1-5-17(14-31-16(3)28-13-19(31)8-10-26)21-12-18(25)6-7-22(21)33-11-9-20-15(2)30(4)29-23(20)24(27)32/h5-7,12-14H,1,8-11,26H2,2-4H3,(H2,27,32)/b17-14+. The smallest absolute Gasteiger partial charge is 0.269 e. The van der Waals surface area contributed by atoms with Crippen molar-refractivity contribution in [1.82, 2.24) is 19.3 Å². The predicted octanol–water partition coefficient (Wildman–Crippen LogP) is 2.78. The molecular weight excluding hydrogens is 423 g/mol. The van der Waals surface area contributed by atoms with E-state index < -0.39 is 11.7 Å². The molecule has 1 amide bonds. The third-order valence-electron chi connectivity index (χ3n) is 5.50. The highest BCUT2D eigenvalue weighted by Crippen LogP contribution is 2.29. The van der Waals surface area contributed by atoms with Gasteiger partial charge in [-0.2, -0.15) is 5.10 Å². The van der Waals surface area contributed by atoms with E-state index in [9.17, 15) is 9.18 Å². The highest BCUT2D eigenvalue weighted by Gasteiger charge is 2.18. The Morgan fingerprint density at radius 2 is 2.06 bits per heavy atom. The van der Waals surface area contributed by atoms with E-state index in [0.717, 1.165) is 22.8 Å². The van der Waals surface area contributed by atoms with E-state index in [1.807, 2.05) is 24.6 Å². The Balaban J connectivity index is 1.90. The first-order valence-electron chi connectivity index (χ1n) is 10.6. The molecule has 0 radical (unpaired) electrons. The Bertz CT molecular complexity index is 1210. The van der Waals surface area contributed by atoms with Crippen LogP contribution in [0, 0.1) is 19.7 Å². The van der Waals surface area contributed by atoms with Crippen LogP contribution in [0.25, 0.3) is 11.8 Å². The normalized spacial score (nSPS) is 11.6. The van der Waals surface area contributed by atoms with Crippen molar-refractivity contribution in [1.29, 1.82) is 0 Å². The van der Waals surface area contributed by atoms with Gasteiger partial charge in [-0.15, -0.1) is 0 Å². The number of primary amides is 1. The maximum atomic E-state index is 14.2. The number of benzene rings is 1. The zero-order valence-electron chi connectivity index (χ0n) is 19.1. The molecule has 4 N–H and O–H groups in total. The van der Waals surface area contributed by atoms with Gasteiger partial charge in [0.05, 0.1) is 6.61 Å². The molecule has 0 saturated heterocycles. The first-order chi connectivity index (χ1) is 15.8. The van der Waals surface area contributed by atoms with Gasteiger partial charge >= 0.3 is 0 Å². The third-order valence-corrected chi connectivity index (χ3v) is 5.50. The SMILES string of the molecule is C=C/C(=C\n1c(CCN)cnc1C)c1cc(F)ccc1OCCc1c(C(N)=O)nn(C)c1C. The molecule has 3 rings (SSSR count). The fourth-order valence-corrected chi connectivity index (χ4v) is 3.65. The van der Waals surface area contributed by atoms with Crippen molar-refractivity contribution in [3.8, 4) is 5.75 Å². The van der Waals surface area contributed by atoms with E-state index in [1.165, 1.54) is 12.1 Å². The number of nitrogens with zero attached hydrogens (tertiary/aromatic N) is 4. The highest BCUT2D eigenvalue weighted by molar-refractivity contribution is 5.92. The summed E-state index contributed by atoms with van der Waals surface area (Å²) >= 11 is 0. The summed E-state index contributed by atoms with van der Waals surface area (Å²) in [5.41, 5.74) is 15.1. The molecule has 2 aromatic heterocycles. The minimum Gasteiger partial charge on any atom is -0.493 e. The van der Waals surface area contributed by atoms with Crippen molar-refractivity contribution >= 4 is 17.7 Å². The Labute approximate surface area is 192 Å². The van der Waals surface area contributed by atoms with Crippen LogP contribution in [0.4, 0.5) is 4.39 Å². The number of carbonyl (C=O) groups is 1. The fraction of sp³-hybridized carbons (Fsp3) is 0.292. The van der Waals surface area contributed by atoms with Gasteiger partial charge in [0, 0.05) is 60.4 Å². The fourth-order valence-electron chi connectivity index (χ4n) is 3.65. The maximum Gasteiger partial charge on any atom is 0.269 e. The number of carbonyl (C=O) groups excluding carboxylic acids is 1. The molecule has 0 bridgehead atoms. The molecule has 1 aromatic carbocycles. The molecule has 2 heterocycles. The zero-order valence-corrected chi connectivity index (χ0v) is 19.1. The number of aryl methyl sites for hydroxylation is 2. The van der Waals surface area contributed by atoms with Gasteiger partial charge in [-0.3, -0.25) is 9.48 Å². The van der Waals surface area contributed by atoms with Crippen molar-refractivity contribution in [2.75, 3.05) is 13.2 Å². The van der Waals surface area contributed by atoms with Crippen LogP contribution >= 0.6 is 0 Å². The lowest BCUT2D eigenvalue weighted by atomic mass is 10.1. The molecule has 0 aliphatic rings. The molecule has 0 unspecified atom stereocenters. The number of hydrogen-bond donors (Lipinski definition) is 2. The summed E-state index contributed by atoms with van der Waals surface area (Å²) in [5, 5.41) is 4.18. The number of imidazole rings is 1. The zero-order chi connectivity index (χ0) is 24.1. The lowest BCUT2D eigenvalue weighted by Crippen LogP contribution is -2.15. The molecule has 0 spiro atoms. The van der Waals surface area contributed by atoms with Gasteiger partial charge in [-0.05, 0) is 38.6 Å². The Morgan fingerprint density at radius 3 is 2.73 bits per heavy atom. The Morgan fingerprint density at radius 1 is 1.30 bits per heavy atom. The van der Waals surface area contributed by atoms with Gasteiger partial charge in [0.1, 0.15) is 17.4 Å². The Hall–Kier alpha value is -3.72. The molecule has 0 aliphatic heterocycles. The quantitative estimate of drug-likeness (QED) is 0.459. The average molecular weight is 453 g/mol. The minimum atomic E-state index is -0.586. The van der Waals surface area contributed by atoms with Gasteiger partial charge in [-0.25, -0.2) is 9.37 Å². The van der Waals surface area contributed by atoms with E-state index in [4.69, 9.17) is 16.2 Å². The molecule has 3 aromatic rings. The summed E-state index contributed by atoms with van der Waals surface area (Å²) < 4.78 is 23.7. The molecule has 0 aliphatic carbocycles. The summed E-state index contributed by atoms with van der Waals surface area (Å²) in [6.07, 6.45) is 6.33. The van der Waals surface area contributed by atoms with Crippen LogP contribution in [0.2, 0.25) is 0 Å². The molecule has 0 saturated carbocycles. The van der Waals surface area contributed by atoms with Crippen LogP contribution in [-0.4, -0.2) is 38.4 Å². The van der Waals surface area contributed by atoms with Gasteiger partial charge in [0.2, 0.25) is 0 Å². The van der Waals surface area contributed by atoms with Crippen molar-refractivity contribution in [2.24, 2.45) is 18.5 Å². The van der Waals surface area contributed by atoms with Crippen molar-refractivity contribution in [3.63, 3.8) is 0 Å². The number of amides is 1. The number of halogens is 1. The van der Waals surface area contributed by atoms with Crippen molar-refractivity contribution < 1.29 is 13.9 Å². The van der Waals surface area contributed by atoms with Crippen LogP contribution in [0.1, 0.15) is 38.8 Å². The molecule has 0 fully saturated rings. The second kappa shape index (κ2) is 10.3. The predicted molar refractivity (Wildman–Crippen MR) is 126 cm³/mol. The van der Waals surface area contributed by atoms with E-state index in [0.29, 0.717) is 36.3 Å². The monoisotopic (exact) mass is 452 g/mol. The maximum absolute atomic E-state index is 14.2. The molecule has 0 atom stereocenters. The number of aromatic nitrogens is 4. The first kappa shape index (κ1) is 23.9. The topological polar surface area (TPSA) is 114 Å². The summed E-state index contributed by atoms with van der Waals surface area (Å²) in [4.78, 5) is 16.1.